The number of ether oxygens (including phenoxy) is 2. The molecule has 0 spiro atoms. The van der Waals surface area contributed by atoms with Crippen molar-refractivity contribution >= 4 is 29.4 Å². The molecule has 1 unspecified atom stereocenters. The number of benzene rings is 2. The van der Waals surface area contributed by atoms with Gasteiger partial charge in [0.25, 0.3) is 0 Å². The van der Waals surface area contributed by atoms with Crippen LogP contribution in [-0.4, -0.2) is 52.8 Å². The highest BCUT2D eigenvalue weighted by Gasteiger charge is 2.41. The van der Waals surface area contributed by atoms with Crippen molar-refractivity contribution in [3.63, 3.8) is 0 Å². The van der Waals surface area contributed by atoms with Gasteiger partial charge in [-0.1, -0.05) is 36.6 Å². The van der Waals surface area contributed by atoms with Crippen molar-refractivity contribution in [3.8, 4) is 11.3 Å². The summed E-state index contributed by atoms with van der Waals surface area (Å²) in [6.07, 6.45) is -4.71. The fourth-order valence-electron chi connectivity index (χ4n) is 5.49. The molecule has 1 amide bonds. The van der Waals surface area contributed by atoms with E-state index < -0.39 is 53.6 Å². The van der Waals surface area contributed by atoms with Gasteiger partial charge in [0.15, 0.2) is 5.82 Å². The van der Waals surface area contributed by atoms with Crippen molar-refractivity contribution in [3.05, 3.63) is 70.1 Å². The molecule has 3 heterocycles. The second-order valence-electron chi connectivity index (χ2n) is 10.5. The number of fused-ring (bicyclic) bond motifs is 4. The Kier molecular flexibility index (Phi) is 8.81. The lowest BCUT2D eigenvalue weighted by atomic mass is 9.99. The van der Waals surface area contributed by atoms with Gasteiger partial charge in [0.1, 0.15) is 23.8 Å². The second-order valence-corrected chi connectivity index (χ2v) is 10.9. The Balaban J connectivity index is 1.46. The van der Waals surface area contributed by atoms with E-state index in [9.17, 15) is 31.5 Å². The summed E-state index contributed by atoms with van der Waals surface area (Å²) in [5, 5.41) is 2.32. The predicted molar refractivity (Wildman–Crippen MR) is 146 cm³/mol. The summed E-state index contributed by atoms with van der Waals surface area (Å²) in [4.78, 5) is 34.0. The number of imidazole rings is 1. The fourth-order valence-corrected chi connectivity index (χ4v) is 5.65. The summed E-state index contributed by atoms with van der Waals surface area (Å²) in [6.45, 7) is 0.0514. The minimum absolute atomic E-state index is 0.0514. The summed E-state index contributed by atoms with van der Waals surface area (Å²) >= 11 is 5.82. The average molecular weight is 627 g/mol. The van der Waals surface area contributed by atoms with E-state index in [0.717, 1.165) is 12.1 Å². The zero-order valence-electron chi connectivity index (χ0n) is 22.9. The van der Waals surface area contributed by atoms with Crippen molar-refractivity contribution in [1.82, 2.24) is 14.9 Å². The molecular formula is C29H28ClF5N4O4. The van der Waals surface area contributed by atoms with Crippen LogP contribution in [0.2, 0.25) is 5.02 Å². The first kappa shape index (κ1) is 30.6. The summed E-state index contributed by atoms with van der Waals surface area (Å²) in [5.41, 5.74) is 0.950. The number of hydrogen-bond acceptors (Lipinski definition) is 6. The number of anilines is 1. The third-order valence-electron chi connectivity index (χ3n) is 7.69. The maximum Gasteiger partial charge on any atom is 0.411 e. The van der Waals surface area contributed by atoms with Crippen LogP contribution in [0, 0.1) is 11.6 Å². The predicted octanol–water partition coefficient (Wildman–Crippen LogP) is 7.27. The van der Waals surface area contributed by atoms with Crippen LogP contribution in [0.3, 0.4) is 0 Å². The van der Waals surface area contributed by atoms with Gasteiger partial charge in [0, 0.05) is 24.2 Å². The van der Waals surface area contributed by atoms with Gasteiger partial charge in [0.05, 0.1) is 42.0 Å². The van der Waals surface area contributed by atoms with Gasteiger partial charge in [-0.25, -0.2) is 18.6 Å². The Morgan fingerprint density at radius 1 is 1.16 bits per heavy atom. The molecule has 1 aromatic heterocycles. The SMILES string of the molecule is COC(=O)Cc1ccc2c(c1)N[C@H](C(F)(F)F)CCCC[C@H](N1CCC(c3c(F)ccc(Cl)c3F)OC1=O)c1ncc-2[nH]1. The molecule has 2 aliphatic rings. The van der Waals surface area contributed by atoms with Crippen LogP contribution in [0.5, 0.6) is 0 Å². The van der Waals surface area contributed by atoms with E-state index in [-0.39, 0.29) is 49.4 Å². The van der Waals surface area contributed by atoms with E-state index >= 15 is 0 Å². The number of carbonyl (C=O) groups is 2. The van der Waals surface area contributed by atoms with Crippen LogP contribution in [0.1, 0.15) is 61.2 Å². The van der Waals surface area contributed by atoms with Gasteiger partial charge in [-0.15, -0.1) is 0 Å². The topological polar surface area (TPSA) is 96.6 Å². The molecule has 1 fully saturated rings. The van der Waals surface area contributed by atoms with Gasteiger partial charge in [-0.05, 0) is 36.6 Å². The monoisotopic (exact) mass is 626 g/mol. The number of hydrogen-bond donors (Lipinski definition) is 2. The number of amides is 1. The molecule has 2 aromatic carbocycles. The van der Waals surface area contributed by atoms with Gasteiger partial charge in [0.2, 0.25) is 0 Å². The Morgan fingerprint density at radius 3 is 2.65 bits per heavy atom. The lowest BCUT2D eigenvalue weighted by Crippen LogP contribution is -2.42. The molecule has 0 aliphatic carbocycles. The first-order valence-electron chi connectivity index (χ1n) is 13.6. The largest absolute Gasteiger partial charge is 0.469 e. The Labute approximate surface area is 248 Å². The number of nitrogens with one attached hydrogen (secondary N) is 2. The number of H-pyrrole nitrogens is 1. The van der Waals surface area contributed by atoms with Gasteiger partial charge < -0.3 is 19.8 Å². The average Bonchev–Trinajstić information content (AvgIpc) is 3.44. The van der Waals surface area contributed by atoms with E-state index in [0.29, 0.717) is 29.1 Å². The zero-order chi connectivity index (χ0) is 30.9. The summed E-state index contributed by atoms with van der Waals surface area (Å²) in [7, 11) is 1.22. The van der Waals surface area contributed by atoms with E-state index in [1.807, 2.05) is 0 Å². The first-order chi connectivity index (χ1) is 20.5. The Morgan fingerprint density at radius 2 is 1.93 bits per heavy atom. The van der Waals surface area contributed by atoms with Crippen LogP contribution < -0.4 is 5.32 Å². The van der Waals surface area contributed by atoms with Crippen LogP contribution in [0.25, 0.3) is 11.3 Å². The molecule has 1 saturated heterocycles. The first-order valence-corrected chi connectivity index (χ1v) is 14.0. The number of alkyl halides is 3. The number of rotatable bonds is 4. The van der Waals surface area contributed by atoms with E-state index in [4.69, 9.17) is 21.1 Å². The highest BCUT2D eigenvalue weighted by molar-refractivity contribution is 6.30. The lowest BCUT2D eigenvalue weighted by molar-refractivity contribution is -0.144. The summed E-state index contributed by atoms with van der Waals surface area (Å²) < 4.78 is 81.5. The van der Waals surface area contributed by atoms with Gasteiger partial charge in [-0.2, -0.15) is 13.2 Å². The number of halogens is 6. The van der Waals surface area contributed by atoms with E-state index in [1.54, 1.807) is 12.1 Å². The maximum absolute atomic E-state index is 14.6. The molecule has 8 nitrogen and oxygen atoms in total. The maximum atomic E-state index is 14.6. The lowest BCUT2D eigenvalue weighted by Gasteiger charge is -2.36. The number of methoxy groups -OCH3 is 1. The second kappa shape index (κ2) is 12.4. The molecule has 0 radical (unpaired) electrons. The highest BCUT2D eigenvalue weighted by atomic mass is 35.5. The quantitative estimate of drug-likeness (QED) is 0.180. The highest BCUT2D eigenvalue weighted by Crippen LogP contribution is 2.39. The standard InChI is InChI=1S/C29H28ClF5N4O4/c1-42-24(40)13-15-6-7-16-19(12-15)37-23(29(33,34)35)5-3-2-4-21(27-36-14-20(16)38-27)39-11-10-22(43-28(39)41)25-18(31)9-8-17(30)26(25)32/h6-9,12,14,21-23,37H,2-5,10-11,13H2,1H3,(H,36,38)/t21-,22?,23-/m0/s1. The zero-order valence-corrected chi connectivity index (χ0v) is 23.7. The molecule has 3 atom stereocenters. The van der Waals surface area contributed by atoms with Gasteiger partial charge in [-0.3, -0.25) is 9.69 Å². The Hall–Kier alpha value is -3.87. The minimum Gasteiger partial charge on any atom is -0.469 e. The molecule has 0 saturated carbocycles. The van der Waals surface area contributed by atoms with Gasteiger partial charge >= 0.3 is 18.2 Å². The Bertz CT molecular complexity index is 1510. The van der Waals surface area contributed by atoms with Crippen LogP contribution in [-0.2, 0) is 20.7 Å². The van der Waals surface area contributed by atoms with Crippen LogP contribution >= 0.6 is 11.6 Å². The van der Waals surface area contributed by atoms with Crippen LogP contribution in [0.15, 0.2) is 36.5 Å². The smallest absolute Gasteiger partial charge is 0.411 e. The van der Waals surface area contributed by atoms with Crippen molar-refractivity contribution in [2.75, 3.05) is 19.0 Å². The summed E-state index contributed by atoms with van der Waals surface area (Å²) in [5.74, 6) is -2.06. The summed E-state index contributed by atoms with van der Waals surface area (Å²) in [6, 6.07) is 4.17. The normalized spacial score (nSPS) is 21.1. The fraction of sp³-hybridized carbons (Fsp3) is 0.414. The molecular weight excluding hydrogens is 599 g/mol. The number of carbonyl (C=O) groups excluding carboxylic acids is 2. The van der Waals surface area contributed by atoms with E-state index in [1.165, 1.54) is 24.3 Å². The molecule has 14 heteroatoms. The molecule has 5 rings (SSSR count). The molecule has 43 heavy (non-hydrogen) atoms. The molecule has 3 aromatic rings. The van der Waals surface area contributed by atoms with Crippen molar-refractivity contribution in [2.24, 2.45) is 0 Å². The van der Waals surface area contributed by atoms with Crippen molar-refractivity contribution in [1.29, 1.82) is 0 Å². The minimum atomic E-state index is -4.56. The number of aromatic amines is 1. The number of aromatic nitrogens is 2. The van der Waals surface area contributed by atoms with E-state index in [2.05, 4.69) is 15.3 Å². The third-order valence-corrected chi connectivity index (χ3v) is 7.99. The molecule has 2 aliphatic heterocycles. The molecule has 2 bridgehead atoms. The number of nitrogens with zero attached hydrogens (tertiary/aromatic N) is 2. The molecule has 2 N–H and O–H groups in total. The third kappa shape index (κ3) is 6.56. The number of cyclic esters (lactones) is 1. The van der Waals surface area contributed by atoms with Crippen LogP contribution in [0.4, 0.5) is 32.4 Å². The number of esters is 1. The van der Waals surface area contributed by atoms with Crippen molar-refractivity contribution in [2.45, 2.75) is 62.9 Å². The molecule has 230 valence electrons. The van der Waals surface area contributed by atoms with Crippen molar-refractivity contribution < 1.29 is 41.0 Å².